The van der Waals surface area contributed by atoms with Crippen molar-refractivity contribution in [3.05, 3.63) is 27.3 Å². The SMILES string of the molecule is O=C(O)C1CCCN(C(=O)c2cc(I)ccc2O)C1. The summed E-state index contributed by atoms with van der Waals surface area (Å²) in [6.45, 7) is 0.743. The van der Waals surface area contributed by atoms with Crippen LogP contribution in [-0.4, -0.2) is 40.1 Å². The summed E-state index contributed by atoms with van der Waals surface area (Å²) in [6.07, 6.45) is 1.27. The number of nitrogens with zero attached hydrogens (tertiary/aromatic N) is 1. The van der Waals surface area contributed by atoms with E-state index in [1.165, 1.54) is 11.0 Å². The van der Waals surface area contributed by atoms with E-state index in [4.69, 9.17) is 5.11 Å². The lowest BCUT2D eigenvalue weighted by atomic mass is 9.97. The minimum atomic E-state index is -0.871. The molecule has 19 heavy (non-hydrogen) atoms. The lowest BCUT2D eigenvalue weighted by Gasteiger charge is -2.30. The van der Waals surface area contributed by atoms with Gasteiger partial charge in [-0.05, 0) is 53.6 Å². The number of aromatic hydroxyl groups is 1. The first-order valence-corrected chi connectivity index (χ1v) is 7.07. The summed E-state index contributed by atoms with van der Waals surface area (Å²) in [5.41, 5.74) is 0.234. The molecular formula is C13H14INO4. The van der Waals surface area contributed by atoms with Crippen molar-refractivity contribution < 1.29 is 19.8 Å². The third kappa shape index (κ3) is 3.17. The predicted molar refractivity (Wildman–Crippen MR) is 77.1 cm³/mol. The van der Waals surface area contributed by atoms with Gasteiger partial charge < -0.3 is 15.1 Å². The second kappa shape index (κ2) is 5.77. The van der Waals surface area contributed by atoms with Crippen molar-refractivity contribution in [2.45, 2.75) is 12.8 Å². The Bertz CT molecular complexity index is 517. The molecule has 102 valence electrons. The van der Waals surface area contributed by atoms with E-state index in [2.05, 4.69) is 22.6 Å². The molecule has 1 unspecified atom stereocenters. The summed E-state index contributed by atoms with van der Waals surface area (Å²) in [5, 5.41) is 18.8. The topological polar surface area (TPSA) is 77.8 Å². The third-order valence-corrected chi connectivity index (χ3v) is 3.92. The molecule has 1 fully saturated rings. The van der Waals surface area contributed by atoms with Crippen molar-refractivity contribution in [1.82, 2.24) is 4.90 Å². The predicted octanol–water partition coefficient (Wildman–Crippen LogP) is 1.93. The summed E-state index contributed by atoms with van der Waals surface area (Å²) in [4.78, 5) is 24.8. The van der Waals surface area contributed by atoms with Crippen LogP contribution in [0, 0.1) is 9.49 Å². The summed E-state index contributed by atoms with van der Waals surface area (Å²) in [7, 11) is 0. The number of carbonyl (C=O) groups is 2. The smallest absolute Gasteiger partial charge is 0.308 e. The van der Waals surface area contributed by atoms with Crippen LogP contribution in [0.1, 0.15) is 23.2 Å². The quantitative estimate of drug-likeness (QED) is 0.775. The van der Waals surface area contributed by atoms with Gasteiger partial charge in [-0.15, -0.1) is 0 Å². The van der Waals surface area contributed by atoms with Crippen LogP contribution in [0.4, 0.5) is 0 Å². The van der Waals surface area contributed by atoms with Crippen LogP contribution in [-0.2, 0) is 4.79 Å². The van der Waals surface area contributed by atoms with Gasteiger partial charge in [0.05, 0.1) is 11.5 Å². The van der Waals surface area contributed by atoms with Crippen LogP contribution in [0.3, 0.4) is 0 Å². The van der Waals surface area contributed by atoms with E-state index in [1.54, 1.807) is 12.1 Å². The molecule has 0 radical (unpaired) electrons. The zero-order valence-corrected chi connectivity index (χ0v) is 12.3. The van der Waals surface area contributed by atoms with Crippen molar-refractivity contribution in [2.75, 3.05) is 13.1 Å². The molecule has 0 spiro atoms. The van der Waals surface area contributed by atoms with Crippen LogP contribution in [0.15, 0.2) is 18.2 Å². The largest absolute Gasteiger partial charge is 0.507 e. The fraction of sp³-hybridized carbons (Fsp3) is 0.385. The van der Waals surface area contributed by atoms with Gasteiger partial charge in [-0.2, -0.15) is 0 Å². The number of carboxylic acid groups (broad SMARTS) is 1. The molecule has 1 atom stereocenters. The van der Waals surface area contributed by atoms with Crippen LogP contribution >= 0.6 is 22.6 Å². The normalized spacial score (nSPS) is 19.2. The molecule has 1 aromatic carbocycles. The summed E-state index contributed by atoms with van der Waals surface area (Å²) >= 11 is 2.07. The lowest BCUT2D eigenvalue weighted by molar-refractivity contribution is -0.143. The maximum absolute atomic E-state index is 12.3. The van der Waals surface area contributed by atoms with Crippen LogP contribution < -0.4 is 0 Å². The van der Waals surface area contributed by atoms with Crippen LogP contribution in [0.2, 0.25) is 0 Å². The number of hydrogen-bond donors (Lipinski definition) is 2. The van der Waals surface area contributed by atoms with Crippen molar-refractivity contribution in [1.29, 1.82) is 0 Å². The van der Waals surface area contributed by atoms with E-state index >= 15 is 0 Å². The second-order valence-corrected chi connectivity index (χ2v) is 5.84. The number of amides is 1. The average molecular weight is 375 g/mol. The van der Waals surface area contributed by atoms with Gasteiger partial charge in [-0.3, -0.25) is 9.59 Å². The Balaban J connectivity index is 2.19. The van der Waals surface area contributed by atoms with Gasteiger partial charge >= 0.3 is 5.97 Å². The molecule has 0 bridgehead atoms. The first kappa shape index (κ1) is 14.1. The number of carboxylic acids is 1. The highest BCUT2D eigenvalue weighted by atomic mass is 127. The van der Waals surface area contributed by atoms with Gasteiger partial charge in [0.2, 0.25) is 0 Å². The molecule has 1 heterocycles. The number of piperidine rings is 1. The number of carbonyl (C=O) groups excluding carboxylic acids is 1. The van der Waals surface area contributed by atoms with E-state index in [1.807, 2.05) is 0 Å². The zero-order chi connectivity index (χ0) is 14.0. The lowest BCUT2D eigenvalue weighted by Crippen LogP contribution is -2.42. The Morgan fingerprint density at radius 1 is 1.37 bits per heavy atom. The molecule has 5 nitrogen and oxygen atoms in total. The number of hydrogen-bond acceptors (Lipinski definition) is 3. The Labute approximate surface area is 124 Å². The Morgan fingerprint density at radius 2 is 2.11 bits per heavy atom. The van der Waals surface area contributed by atoms with Gasteiger partial charge in [0.15, 0.2) is 0 Å². The summed E-state index contributed by atoms with van der Waals surface area (Å²) in [6, 6.07) is 4.80. The number of phenolic OH excluding ortho intramolecular Hbond substituents is 1. The number of benzene rings is 1. The highest BCUT2D eigenvalue weighted by molar-refractivity contribution is 14.1. The third-order valence-electron chi connectivity index (χ3n) is 3.25. The number of halogens is 1. The number of phenols is 1. The minimum Gasteiger partial charge on any atom is -0.507 e. The zero-order valence-electron chi connectivity index (χ0n) is 10.2. The maximum atomic E-state index is 12.3. The van der Waals surface area contributed by atoms with Gasteiger partial charge in [-0.25, -0.2) is 0 Å². The standard InChI is InChI=1S/C13H14INO4/c14-9-3-4-11(16)10(6-9)12(17)15-5-1-2-8(7-15)13(18)19/h3-4,6,8,16H,1-2,5,7H2,(H,18,19). The Kier molecular flexibility index (Phi) is 4.28. The molecule has 2 rings (SSSR count). The van der Waals surface area contributed by atoms with E-state index in [0.29, 0.717) is 19.4 Å². The van der Waals surface area contributed by atoms with Gasteiger partial charge in [0.1, 0.15) is 5.75 Å². The summed E-state index contributed by atoms with van der Waals surface area (Å²) < 4.78 is 0.852. The molecule has 1 aliphatic rings. The van der Waals surface area contributed by atoms with E-state index in [0.717, 1.165) is 3.57 Å². The molecule has 1 aliphatic heterocycles. The van der Waals surface area contributed by atoms with Crippen molar-refractivity contribution in [2.24, 2.45) is 5.92 Å². The fourth-order valence-corrected chi connectivity index (χ4v) is 2.70. The molecule has 0 aliphatic carbocycles. The van der Waals surface area contributed by atoms with Gasteiger partial charge in [0.25, 0.3) is 5.91 Å². The minimum absolute atomic E-state index is 0.0668. The van der Waals surface area contributed by atoms with Crippen molar-refractivity contribution in [3.63, 3.8) is 0 Å². The first-order chi connectivity index (χ1) is 8.99. The number of rotatable bonds is 2. The number of aliphatic carboxylic acids is 1. The molecule has 1 aromatic rings. The number of likely N-dealkylation sites (tertiary alicyclic amines) is 1. The second-order valence-electron chi connectivity index (χ2n) is 4.59. The van der Waals surface area contributed by atoms with Crippen LogP contribution in [0.5, 0.6) is 5.75 Å². The molecule has 0 saturated carbocycles. The Morgan fingerprint density at radius 3 is 2.79 bits per heavy atom. The van der Waals surface area contributed by atoms with Crippen molar-refractivity contribution in [3.8, 4) is 5.75 Å². The van der Waals surface area contributed by atoms with Gasteiger partial charge in [0, 0.05) is 16.7 Å². The molecule has 0 aromatic heterocycles. The summed E-state index contributed by atoms with van der Waals surface area (Å²) in [5.74, 6) is -1.75. The molecule has 1 saturated heterocycles. The highest BCUT2D eigenvalue weighted by Crippen LogP contribution is 2.24. The first-order valence-electron chi connectivity index (χ1n) is 5.99. The van der Waals surface area contributed by atoms with E-state index in [9.17, 15) is 14.7 Å². The van der Waals surface area contributed by atoms with Gasteiger partial charge in [-0.1, -0.05) is 0 Å². The fourth-order valence-electron chi connectivity index (χ4n) is 2.21. The highest BCUT2D eigenvalue weighted by Gasteiger charge is 2.29. The monoisotopic (exact) mass is 375 g/mol. The molecular weight excluding hydrogens is 361 g/mol. The van der Waals surface area contributed by atoms with E-state index < -0.39 is 11.9 Å². The van der Waals surface area contributed by atoms with Crippen molar-refractivity contribution >= 4 is 34.5 Å². The molecule has 1 amide bonds. The molecule has 6 heteroatoms. The maximum Gasteiger partial charge on any atom is 0.308 e. The van der Waals surface area contributed by atoms with E-state index in [-0.39, 0.29) is 23.8 Å². The average Bonchev–Trinajstić information content (AvgIpc) is 2.41. The Hall–Kier alpha value is -1.31. The molecule has 2 N–H and O–H groups in total. The van der Waals surface area contributed by atoms with Crippen LogP contribution in [0.25, 0.3) is 0 Å².